The molecule has 3 rings (SSSR count). The summed E-state index contributed by atoms with van der Waals surface area (Å²) in [6.45, 7) is 1.63. The van der Waals surface area contributed by atoms with Crippen LogP contribution in [0, 0.1) is 5.82 Å². The Hall–Kier alpha value is -2.86. The summed E-state index contributed by atoms with van der Waals surface area (Å²) in [7, 11) is 1.79. The third-order valence-corrected chi connectivity index (χ3v) is 4.37. The molecule has 0 aliphatic carbocycles. The molecule has 1 amide bonds. The van der Waals surface area contributed by atoms with Crippen molar-refractivity contribution in [3.05, 3.63) is 83.2 Å². The smallest absolute Gasteiger partial charge is 0.261 e. The van der Waals surface area contributed by atoms with E-state index in [2.05, 4.69) is 10.3 Å². The largest absolute Gasteiger partial charge is 0.481 e. The molecule has 1 aromatic heterocycles. The third-order valence-electron chi connectivity index (χ3n) is 4.12. The molecule has 7 heteroatoms. The Bertz CT molecular complexity index is 927. The average Bonchev–Trinajstić information content (AvgIpc) is 3.08. The molecule has 0 saturated carbocycles. The number of carbonyl (C=O) groups is 1. The highest BCUT2D eigenvalue weighted by Crippen LogP contribution is 2.24. The van der Waals surface area contributed by atoms with Crippen LogP contribution in [0.25, 0.3) is 0 Å². The quantitative estimate of drug-likeness (QED) is 0.698. The lowest BCUT2D eigenvalue weighted by atomic mass is 10.0. The molecule has 3 aromatic rings. The molecule has 2 atom stereocenters. The van der Waals surface area contributed by atoms with Gasteiger partial charge in [-0.2, -0.15) is 0 Å². The first-order valence-electron chi connectivity index (χ1n) is 8.40. The van der Waals surface area contributed by atoms with Gasteiger partial charge in [0.05, 0.1) is 0 Å². The number of hydrogen-bond donors (Lipinski definition) is 1. The van der Waals surface area contributed by atoms with E-state index in [9.17, 15) is 9.18 Å². The van der Waals surface area contributed by atoms with Gasteiger partial charge >= 0.3 is 0 Å². The van der Waals surface area contributed by atoms with Crippen LogP contribution in [0.5, 0.6) is 5.75 Å². The minimum absolute atomic E-state index is 0.332. The number of benzene rings is 2. The van der Waals surface area contributed by atoms with Crippen molar-refractivity contribution in [1.82, 2.24) is 14.9 Å². The fourth-order valence-electron chi connectivity index (χ4n) is 2.68. The first-order chi connectivity index (χ1) is 13.0. The molecule has 0 radical (unpaired) electrons. The Morgan fingerprint density at radius 3 is 2.56 bits per heavy atom. The van der Waals surface area contributed by atoms with Gasteiger partial charge in [-0.1, -0.05) is 29.8 Å². The fourth-order valence-corrected chi connectivity index (χ4v) is 2.80. The number of aryl methyl sites for hydroxylation is 1. The van der Waals surface area contributed by atoms with Crippen LogP contribution < -0.4 is 10.1 Å². The zero-order valence-electron chi connectivity index (χ0n) is 14.9. The number of ether oxygens (including phenoxy) is 1. The minimum Gasteiger partial charge on any atom is -0.481 e. The van der Waals surface area contributed by atoms with E-state index in [1.54, 1.807) is 73.4 Å². The van der Waals surface area contributed by atoms with E-state index in [0.29, 0.717) is 22.2 Å². The summed E-state index contributed by atoms with van der Waals surface area (Å²) >= 11 is 5.85. The number of halogens is 2. The van der Waals surface area contributed by atoms with Crippen LogP contribution in [-0.2, 0) is 11.8 Å². The maximum Gasteiger partial charge on any atom is 0.261 e. The minimum atomic E-state index is -0.791. The van der Waals surface area contributed by atoms with Crippen molar-refractivity contribution in [2.45, 2.75) is 19.1 Å². The van der Waals surface area contributed by atoms with E-state index in [-0.39, 0.29) is 5.91 Å². The Kier molecular flexibility index (Phi) is 5.76. The standard InChI is InChI=1S/C20H19ClFN3O2/c1-13(27-15-9-7-14(21)8-10-15)20(26)24-18(19-23-11-12-25(19)2)16-5-3-4-6-17(16)22/h3-13,18H,1-2H3,(H,24,26)/t13-,18+/m1/s1. The summed E-state index contributed by atoms with van der Waals surface area (Å²) in [5.41, 5.74) is 0.332. The molecule has 27 heavy (non-hydrogen) atoms. The van der Waals surface area contributed by atoms with Crippen LogP contribution in [0.2, 0.25) is 5.02 Å². The summed E-state index contributed by atoms with van der Waals surface area (Å²) in [6.07, 6.45) is 2.55. The van der Waals surface area contributed by atoms with Gasteiger partial charge in [0, 0.05) is 30.0 Å². The average molecular weight is 388 g/mol. The van der Waals surface area contributed by atoms with Gasteiger partial charge in [-0.3, -0.25) is 4.79 Å². The number of hydrogen-bond acceptors (Lipinski definition) is 3. The second-order valence-electron chi connectivity index (χ2n) is 6.07. The van der Waals surface area contributed by atoms with Crippen molar-refractivity contribution in [2.24, 2.45) is 7.05 Å². The maximum absolute atomic E-state index is 14.4. The zero-order valence-corrected chi connectivity index (χ0v) is 15.7. The zero-order chi connectivity index (χ0) is 19.4. The van der Waals surface area contributed by atoms with Gasteiger partial charge < -0.3 is 14.6 Å². The van der Waals surface area contributed by atoms with Crippen molar-refractivity contribution in [1.29, 1.82) is 0 Å². The lowest BCUT2D eigenvalue weighted by Gasteiger charge is -2.22. The molecular formula is C20H19ClFN3O2. The summed E-state index contributed by atoms with van der Waals surface area (Å²) in [5.74, 6) is 0.229. The molecule has 0 bridgehead atoms. The molecule has 0 aliphatic rings. The van der Waals surface area contributed by atoms with Crippen LogP contribution in [0.15, 0.2) is 60.9 Å². The van der Waals surface area contributed by atoms with Crippen molar-refractivity contribution < 1.29 is 13.9 Å². The Balaban J connectivity index is 1.81. The summed E-state index contributed by atoms with van der Waals surface area (Å²) in [5, 5.41) is 3.41. The second kappa shape index (κ2) is 8.22. The van der Waals surface area contributed by atoms with Crippen LogP contribution in [-0.4, -0.2) is 21.6 Å². The number of aromatic nitrogens is 2. The molecule has 140 valence electrons. The summed E-state index contributed by atoms with van der Waals surface area (Å²) in [6, 6.07) is 12.3. The summed E-state index contributed by atoms with van der Waals surface area (Å²) < 4.78 is 21.8. The molecule has 0 aliphatic heterocycles. The molecule has 1 N–H and O–H groups in total. The first-order valence-corrected chi connectivity index (χ1v) is 8.77. The highest BCUT2D eigenvalue weighted by Gasteiger charge is 2.26. The SMILES string of the molecule is C[C@@H](Oc1ccc(Cl)cc1)C(=O)N[C@@H](c1ccccc1F)c1nccn1C. The monoisotopic (exact) mass is 387 g/mol. The normalized spacial score (nSPS) is 13.0. The topological polar surface area (TPSA) is 56.1 Å². The number of carbonyl (C=O) groups excluding carboxylic acids is 1. The molecule has 0 saturated heterocycles. The number of amides is 1. The van der Waals surface area contributed by atoms with Crippen molar-refractivity contribution >= 4 is 17.5 Å². The van der Waals surface area contributed by atoms with Gasteiger partial charge in [-0.05, 0) is 37.3 Å². The van der Waals surface area contributed by atoms with E-state index in [1.165, 1.54) is 6.07 Å². The lowest BCUT2D eigenvalue weighted by Crippen LogP contribution is -2.40. The maximum atomic E-state index is 14.4. The Labute approximate surface area is 161 Å². The Morgan fingerprint density at radius 2 is 1.93 bits per heavy atom. The van der Waals surface area contributed by atoms with Crippen LogP contribution in [0.3, 0.4) is 0 Å². The van der Waals surface area contributed by atoms with E-state index >= 15 is 0 Å². The molecule has 0 unspecified atom stereocenters. The van der Waals surface area contributed by atoms with Crippen LogP contribution in [0.4, 0.5) is 4.39 Å². The highest BCUT2D eigenvalue weighted by atomic mass is 35.5. The van der Waals surface area contributed by atoms with E-state index < -0.39 is 18.0 Å². The predicted octanol–water partition coefficient (Wildman–Crippen LogP) is 3.89. The van der Waals surface area contributed by atoms with Gasteiger partial charge in [0.1, 0.15) is 23.4 Å². The highest BCUT2D eigenvalue weighted by molar-refractivity contribution is 6.30. The third kappa shape index (κ3) is 4.46. The van der Waals surface area contributed by atoms with Gasteiger partial charge in [-0.15, -0.1) is 0 Å². The molecule has 5 nitrogen and oxygen atoms in total. The number of nitrogens with one attached hydrogen (secondary N) is 1. The van der Waals surface area contributed by atoms with E-state index in [4.69, 9.17) is 16.3 Å². The number of nitrogens with zero attached hydrogens (tertiary/aromatic N) is 2. The molecule has 0 spiro atoms. The predicted molar refractivity (Wildman–Crippen MR) is 101 cm³/mol. The molecule has 2 aromatic carbocycles. The lowest BCUT2D eigenvalue weighted by molar-refractivity contribution is -0.127. The van der Waals surface area contributed by atoms with Crippen molar-refractivity contribution in [2.75, 3.05) is 0 Å². The van der Waals surface area contributed by atoms with Gasteiger partial charge in [0.15, 0.2) is 6.10 Å². The molecular weight excluding hydrogens is 369 g/mol. The van der Waals surface area contributed by atoms with Gasteiger partial charge in [0.2, 0.25) is 0 Å². The summed E-state index contributed by atoms with van der Waals surface area (Å²) in [4.78, 5) is 17.0. The van der Waals surface area contributed by atoms with Crippen molar-refractivity contribution in [3.63, 3.8) is 0 Å². The van der Waals surface area contributed by atoms with E-state index in [1.807, 2.05) is 0 Å². The van der Waals surface area contributed by atoms with Crippen LogP contribution >= 0.6 is 11.6 Å². The first kappa shape index (κ1) is 18.9. The second-order valence-corrected chi connectivity index (χ2v) is 6.51. The molecule has 1 heterocycles. The van der Waals surface area contributed by atoms with Crippen molar-refractivity contribution in [3.8, 4) is 5.75 Å². The molecule has 0 fully saturated rings. The number of imidazole rings is 1. The van der Waals surface area contributed by atoms with E-state index in [0.717, 1.165) is 0 Å². The Morgan fingerprint density at radius 1 is 1.22 bits per heavy atom. The van der Waals surface area contributed by atoms with Gasteiger partial charge in [-0.25, -0.2) is 9.37 Å². The fraction of sp³-hybridized carbons (Fsp3) is 0.200. The number of rotatable bonds is 6. The van der Waals surface area contributed by atoms with Gasteiger partial charge in [0.25, 0.3) is 5.91 Å². The van der Waals surface area contributed by atoms with Crippen LogP contribution in [0.1, 0.15) is 24.4 Å².